The number of primary amides is 1. The first kappa shape index (κ1) is 14.0. The maximum atomic E-state index is 11.3. The Morgan fingerprint density at radius 3 is 2.59 bits per heavy atom. The molecule has 0 bridgehead atoms. The average Bonchev–Trinajstić information content (AvgIpc) is 2.31. The van der Waals surface area contributed by atoms with Gasteiger partial charge in [-0.3, -0.25) is 4.79 Å². The number of rotatable bonds is 3. The normalized spacial score (nSPS) is 16.2. The lowest BCUT2D eigenvalue weighted by atomic mass is 9.89. The standard InChI is InChI=1S/C13H18N2O.ClH/c14-13(16)12-4-2-1-3-11(12)9-10-5-7-15-8-6-10;/h1-4,10,15H,5-9H2,(H2,14,16);1H. The van der Waals surface area contributed by atoms with Gasteiger partial charge in [-0.1, -0.05) is 18.2 Å². The Morgan fingerprint density at radius 1 is 1.29 bits per heavy atom. The smallest absolute Gasteiger partial charge is 0.248 e. The monoisotopic (exact) mass is 254 g/mol. The molecule has 1 heterocycles. The molecule has 0 atom stereocenters. The van der Waals surface area contributed by atoms with Crippen LogP contribution in [0.1, 0.15) is 28.8 Å². The second-order valence-electron chi connectivity index (χ2n) is 4.42. The number of nitrogens with one attached hydrogen (secondary N) is 1. The van der Waals surface area contributed by atoms with E-state index in [2.05, 4.69) is 5.32 Å². The first-order chi connectivity index (χ1) is 7.77. The maximum absolute atomic E-state index is 11.3. The SMILES string of the molecule is Cl.NC(=O)c1ccccc1CC1CCNCC1. The van der Waals surface area contributed by atoms with Crippen molar-refractivity contribution >= 4 is 18.3 Å². The fraction of sp³-hybridized carbons (Fsp3) is 0.462. The van der Waals surface area contributed by atoms with E-state index in [0.717, 1.165) is 25.1 Å². The van der Waals surface area contributed by atoms with Crippen molar-refractivity contribution in [3.8, 4) is 0 Å². The van der Waals surface area contributed by atoms with E-state index >= 15 is 0 Å². The van der Waals surface area contributed by atoms with Crippen molar-refractivity contribution in [3.05, 3.63) is 35.4 Å². The Hall–Kier alpha value is -1.06. The van der Waals surface area contributed by atoms with Crippen LogP contribution in [0.15, 0.2) is 24.3 Å². The summed E-state index contributed by atoms with van der Waals surface area (Å²) in [4.78, 5) is 11.3. The van der Waals surface area contributed by atoms with Crippen LogP contribution in [0.25, 0.3) is 0 Å². The van der Waals surface area contributed by atoms with E-state index in [1.807, 2.05) is 24.3 Å². The topological polar surface area (TPSA) is 55.1 Å². The fourth-order valence-corrected chi connectivity index (χ4v) is 2.34. The summed E-state index contributed by atoms with van der Waals surface area (Å²) in [5.74, 6) is 0.367. The first-order valence-electron chi connectivity index (χ1n) is 5.86. The third kappa shape index (κ3) is 3.72. The number of piperidine rings is 1. The van der Waals surface area contributed by atoms with Gasteiger partial charge >= 0.3 is 0 Å². The van der Waals surface area contributed by atoms with Crippen molar-refractivity contribution in [2.45, 2.75) is 19.3 Å². The van der Waals surface area contributed by atoms with E-state index in [-0.39, 0.29) is 18.3 Å². The van der Waals surface area contributed by atoms with Crippen LogP contribution in [-0.2, 0) is 6.42 Å². The molecule has 2 rings (SSSR count). The summed E-state index contributed by atoms with van der Waals surface area (Å²) in [5.41, 5.74) is 7.15. The van der Waals surface area contributed by atoms with Crippen LogP contribution in [0.4, 0.5) is 0 Å². The van der Waals surface area contributed by atoms with E-state index in [9.17, 15) is 4.79 Å². The number of halogens is 1. The second kappa shape index (κ2) is 6.62. The van der Waals surface area contributed by atoms with Gasteiger partial charge in [-0.15, -0.1) is 12.4 Å². The Kier molecular flexibility index (Phi) is 5.45. The third-order valence-corrected chi connectivity index (χ3v) is 3.25. The van der Waals surface area contributed by atoms with Gasteiger partial charge in [-0.2, -0.15) is 0 Å². The minimum absolute atomic E-state index is 0. The third-order valence-electron chi connectivity index (χ3n) is 3.25. The number of benzene rings is 1. The molecule has 1 amide bonds. The van der Waals surface area contributed by atoms with Crippen molar-refractivity contribution < 1.29 is 4.79 Å². The van der Waals surface area contributed by atoms with Gasteiger partial charge in [0.05, 0.1) is 0 Å². The molecule has 0 spiro atoms. The quantitative estimate of drug-likeness (QED) is 0.864. The highest BCUT2D eigenvalue weighted by atomic mass is 35.5. The van der Waals surface area contributed by atoms with Crippen molar-refractivity contribution in [1.82, 2.24) is 5.32 Å². The molecule has 94 valence electrons. The van der Waals surface area contributed by atoms with Crippen LogP contribution in [0.5, 0.6) is 0 Å². The Morgan fingerprint density at radius 2 is 1.94 bits per heavy atom. The molecule has 0 unspecified atom stereocenters. The lowest BCUT2D eigenvalue weighted by Gasteiger charge is -2.23. The number of hydrogen-bond donors (Lipinski definition) is 2. The number of carbonyl (C=O) groups is 1. The number of hydrogen-bond acceptors (Lipinski definition) is 2. The van der Waals surface area contributed by atoms with Crippen LogP contribution in [0, 0.1) is 5.92 Å². The highest BCUT2D eigenvalue weighted by molar-refractivity contribution is 5.94. The second-order valence-corrected chi connectivity index (χ2v) is 4.42. The molecule has 0 saturated carbocycles. The number of nitrogens with two attached hydrogens (primary N) is 1. The zero-order valence-corrected chi connectivity index (χ0v) is 10.6. The maximum Gasteiger partial charge on any atom is 0.248 e. The number of carbonyl (C=O) groups excluding carboxylic acids is 1. The summed E-state index contributed by atoms with van der Waals surface area (Å²) in [7, 11) is 0. The van der Waals surface area contributed by atoms with Gasteiger partial charge in [0, 0.05) is 5.56 Å². The molecule has 1 fully saturated rings. The minimum Gasteiger partial charge on any atom is -0.366 e. The fourth-order valence-electron chi connectivity index (χ4n) is 2.34. The average molecular weight is 255 g/mol. The van der Waals surface area contributed by atoms with Gasteiger partial charge in [-0.25, -0.2) is 0 Å². The zero-order valence-electron chi connectivity index (χ0n) is 9.82. The van der Waals surface area contributed by atoms with Crippen molar-refractivity contribution in [2.75, 3.05) is 13.1 Å². The van der Waals surface area contributed by atoms with E-state index < -0.39 is 0 Å². The lowest BCUT2D eigenvalue weighted by molar-refractivity contribution is 0.0999. The van der Waals surface area contributed by atoms with Crippen molar-refractivity contribution in [3.63, 3.8) is 0 Å². The Balaban J connectivity index is 0.00000144. The van der Waals surface area contributed by atoms with Crippen LogP contribution in [0.3, 0.4) is 0 Å². The summed E-state index contributed by atoms with van der Waals surface area (Å²) < 4.78 is 0. The molecule has 1 aliphatic rings. The molecule has 0 radical (unpaired) electrons. The van der Waals surface area contributed by atoms with Gasteiger partial charge < -0.3 is 11.1 Å². The summed E-state index contributed by atoms with van der Waals surface area (Å²) in [6.07, 6.45) is 3.35. The molecule has 1 aromatic rings. The minimum atomic E-state index is -0.315. The van der Waals surface area contributed by atoms with E-state index in [1.54, 1.807) is 0 Å². The van der Waals surface area contributed by atoms with Crippen LogP contribution in [0.2, 0.25) is 0 Å². The summed E-state index contributed by atoms with van der Waals surface area (Å²) in [5, 5.41) is 3.35. The van der Waals surface area contributed by atoms with Gasteiger partial charge in [-0.05, 0) is 49.9 Å². The van der Waals surface area contributed by atoms with Crippen molar-refractivity contribution in [1.29, 1.82) is 0 Å². The molecule has 3 nitrogen and oxygen atoms in total. The largest absolute Gasteiger partial charge is 0.366 e. The van der Waals surface area contributed by atoms with Gasteiger partial charge in [0.2, 0.25) is 5.91 Å². The highest BCUT2D eigenvalue weighted by Gasteiger charge is 2.16. The molecule has 4 heteroatoms. The molecule has 0 aliphatic carbocycles. The predicted molar refractivity (Wildman–Crippen MR) is 71.5 cm³/mol. The van der Waals surface area contributed by atoms with Gasteiger partial charge in [0.1, 0.15) is 0 Å². The van der Waals surface area contributed by atoms with Gasteiger partial charge in [0.25, 0.3) is 0 Å². The van der Waals surface area contributed by atoms with Crippen molar-refractivity contribution in [2.24, 2.45) is 11.7 Å². The number of amides is 1. The lowest BCUT2D eigenvalue weighted by Crippen LogP contribution is -2.29. The summed E-state index contributed by atoms with van der Waals surface area (Å²) >= 11 is 0. The van der Waals surface area contributed by atoms with Crippen LogP contribution >= 0.6 is 12.4 Å². The molecule has 1 aliphatic heterocycles. The first-order valence-corrected chi connectivity index (χ1v) is 5.86. The van der Waals surface area contributed by atoms with Crippen LogP contribution in [-0.4, -0.2) is 19.0 Å². The van der Waals surface area contributed by atoms with E-state index in [0.29, 0.717) is 11.5 Å². The molecule has 1 saturated heterocycles. The molecular weight excluding hydrogens is 236 g/mol. The van der Waals surface area contributed by atoms with E-state index in [4.69, 9.17) is 5.73 Å². The predicted octanol–water partition coefficient (Wildman–Crippen LogP) is 1.75. The van der Waals surface area contributed by atoms with E-state index in [1.165, 1.54) is 12.8 Å². The highest BCUT2D eigenvalue weighted by Crippen LogP contribution is 2.20. The van der Waals surface area contributed by atoms with Gasteiger partial charge in [0.15, 0.2) is 0 Å². The molecular formula is C13H19ClN2O. The Labute approximate surface area is 108 Å². The Bertz CT molecular complexity index is 375. The van der Waals surface area contributed by atoms with Crippen LogP contribution < -0.4 is 11.1 Å². The molecule has 0 aromatic heterocycles. The molecule has 1 aromatic carbocycles. The summed E-state index contributed by atoms with van der Waals surface area (Å²) in [6, 6.07) is 7.68. The zero-order chi connectivity index (χ0) is 11.4. The molecule has 3 N–H and O–H groups in total. The summed E-state index contributed by atoms with van der Waals surface area (Å²) in [6.45, 7) is 2.17. The molecule has 17 heavy (non-hydrogen) atoms.